The third-order valence-electron chi connectivity index (χ3n) is 1.02. The number of rotatable bonds is 2. The molecule has 0 bridgehead atoms. The Kier molecular flexibility index (Phi) is 5.13. The summed E-state index contributed by atoms with van der Waals surface area (Å²) in [6.45, 7) is 6.03. The fourth-order valence-corrected chi connectivity index (χ4v) is 0.645. The maximum atomic E-state index is 4.13. The highest BCUT2D eigenvalue weighted by molar-refractivity contribution is 7.84. The predicted octanol–water partition coefficient (Wildman–Crippen LogP) is 3.34. The highest BCUT2D eigenvalue weighted by atomic mass is 32.1. The van der Waals surface area contributed by atoms with Crippen LogP contribution in [0.4, 0.5) is 0 Å². The second kappa shape index (κ2) is 5.36. The molecule has 0 aromatic carbocycles. The molecule has 0 nitrogen and oxygen atoms in total. The highest BCUT2D eigenvalue weighted by Crippen LogP contribution is 2.01. The van der Waals surface area contributed by atoms with Crippen molar-refractivity contribution in [1.82, 2.24) is 0 Å². The van der Waals surface area contributed by atoms with Gasteiger partial charge in [0.25, 0.3) is 0 Å². The highest BCUT2D eigenvalue weighted by Gasteiger charge is 1.76. The van der Waals surface area contributed by atoms with Crippen LogP contribution in [0.5, 0.6) is 0 Å². The van der Waals surface area contributed by atoms with Crippen LogP contribution in [0.3, 0.4) is 0 Å². The van der Waals surface area contributed by atoms with Gasteiger partial charge in [0.15, 0.2) is 0 Å². The van der Waals surface area contributed by atoms with Crippen molar-refractivity contribution in [2.24, 2.45) is 0 Å². The van der Waals surface area contributed by atoms with Crippen molar-refractivity contribution in [2.75, 3.05) is 0 Å². The summed E-state index contributed by atoms with van der Waals surface area (Å²) in [5.41, 5.74) is 1.25. The van der Waals surface area contributed by atoms with Gasteiger partial charge in [0.1, 0.15) is 0 Å². The van der Waals surface area contributed by atoms with E-state index in [2.05, 4.69) is 25.6 Å². The molecule has 0 aliphatic heterocycles. The second-order valence-corrected chi connectivity index (χ2v) is 2.92. The number of allylic oxidation sites excluding steroid dienone is 6. The lowest BCUT2D eigenvalue weighted by Crippen LogP contribution is -1.64. The van der Waals surface area contributed by atoms with E-state index in [9.17, 15) is 0 Å². The van der Waals surface area contributed by atoms with Gasteiger partial charge in [0.2, 0.25) is 0 Å². The first-order valence-corrected chi connectivity index (χ1v) is 3.78. The zero-order valence-corrected chi connectivity index (χ0v) is 7.65. The Balaban J connectivity index is 4.05. The van der Waals surface area contributed by atoms with E-state index >= 15 is 0 Å². The van der Waals surface area contributed by atoms with E-state index in [1.807, 2.05) is 32.1 Å². The van der Waals surface area contributed by atoms with Crippen molar-refractivity contribution >= 4 is 12.6 Å². The van der Waals surface area contributed by atoms with Gasteiger partial charge in [-0.15, -0.1) is 12.6 Å². The van der Waals surface area contributed by atoms with Crippen LogP contribution in [0.15, 0.2) is 34.8 Å². The summed E-state index contributed by atoms with van der Waals surface area (Å²) in [6.07, 6.45) is 8.11. The van der Waals surface area contributed by atoms with E-state index in [-0.39, 0.29) is 0 Å². The predicted molar refractivity (Wildman–Crippen MR) is 51.3 cm³/mol. The molecule has 0 saturated heterocycles. The third-order valence-corrected chi connectivity index (χ3v) is 1.17. The minimum absolute atomic E-state index is 1.03. The standard InChI is InChI=1S/C9H14S/c1-4-5-8(2)6-7-9(3)10/h4-7,10H,1-3H3/b5-4+,8-6+,9-7-. The van der Waals surface area contributed by atoms with E-state index in [0.717, 1.165) is 4.91 Å². The smallest absolute Gasteiger partial charge is 0.0215 e. The molecule has 1 heteroatoms. The third kappa shape index (κ3) is 5.70. The lowest BCUT2D eigenvalue weighted by molar-refractivity contribution is 1.49. The molecular formula is C9H14S. The van der Waals surface area contributed by atoms with Gasteiger partial charge in [-0.05, 0) is 25.7 Å². The van der Waals surface area contributed by atoms with Crippen molar-refractivity contribution in [3.8, 4) is 0 Å². The fraction of sp³-hybridized carbons (Fsp3) is 0.333. The molecule has 10 heavy (non-hydrogen) atoms. The van der Waals surface area contributed by atoms with Gasteiger partial charge in [-0.25, -0.2) is 0 Å². The first kappa shape index (κ1) is 9.57. The molecule has 0 unspecified atom stereocenters. The molecule has 0 aliphatic rings. The summed E-state index contributed by atoms with van der Waals surface area (Å²) in [5.74, 6) is 0. The Hall–Kier alpha value is -0.430. The molecule has 0 N–H and O–H groups in total. The molecule has 56 valence electrons. The second-order valence-electron chi connectivity index (χ2n) is 2.22. The summed E-state index contributed by atoms with van der Waals surface area (Å²) >= 11 is 4.13. The van der Waals surface area contributed by atoms with Gasteiger partial charge < -0.3 is 0 Å². The van der Waals surface area contributed by atoms with Crippen LogP contribution in [0.2, 0.25) is 0 Å². The maximum Gasteiger partial charge on any atom is -0.0215 e. The van der Waals surface area contributed by atoms with Crippen LogP contribution in [0.25, 0.3) is 0 Å². The molecule has 0 amide bonds. The van der Waals surface area contributed by atoms with Crippen molar-refractivity contribution in [2.45, 2.75) is 20.8 Å². The lowest BCUT2D eigenvalue weighted by atomic mass is 10.2. The molecular weight excluding hydrogens is 140 g/mol. The van der Waals surface area contributed by atoms with E-state index in [4.69, 9.17) is 0 Å². The van der Waals surface area contributed by atoms with Gasteiger partial charge in [-0.2, -0.15) is 0 Å². The zero-order chi connectivity index (χ0) is 7.98. The Morgan fingerprint density at radius 2 is 1.80 bits per heavy atom. The van der Waals surface area contributed by atoms with Gasteiger partial charge in [0, 0.05) is 0 Å². The van der Waals surface area contributed by atoms with E-state index in [1.54, 1.807) is 0 Å². The Morgan fingerprint density at radius 1 is 1.20 bits per heavy atom. The molecule has 0 aliphatic carbocycles. The van der Waals surface area contributed by atoms with Crippen LogP contribution in [-0.4, -0.2) is 0 Å². The molecule has 0 aromatic heterocycles. The van der Waals surface area contributed by atoms with Crippen LogP contribution < -0.4 is 0 Å². The lowest BCUT2D eigenvalue weighted by Gasteiger charge is -1.86. The van der Waals surface area contributed by atoms with Crippen LogP contribution >= 0.6 is 12.6 Å². The summed E-state index contributed by atoms with van der Waals surface area (Å²) in [4.78, 5) is 1.03. The number of thiol groups is 1. The topological polar surface area (TPSA) is 0 Å². The molecule has 0 saturated carbocycles. The Morgan fingerprint density at radius 3 is 2.20 bits per heavy atom. The summed E-state index contributed by atoms with van der Waals surface area (Å²) in [7, 11) is 0. The van der Waals surface area contributed by atoms with Gasteiger partial charge in [-0.3, -0.25) is 0 Å². The van der Waals surface area contributed by atoms with E-state index in [0.29, 0.717) is 0 Å². The van der Waals surface area contributed by atoms with Crippen LogP contribution in [0, 0.1) is 0 Å². The maximum absolute atomic E-state index is 4.13. The Bertz CT molecular complexity index is 169. The fourth-order valence-electron chi connectivity index (χ4n) is 0.570. The molecule has 0 aromatic rings. The molecule has 0 rings (SSSR count). The zero-order valence-electron chi connectivity index (χ0n) is 6.76. The van der Waals surface area contributed by atoms with Gasteiger partial charge in [-0.1, -0.05) is 29.9 Å². The summed E-state index contributed by atoms with van der Waals surface area (Å²) in [6, 6.07) is 0. The van der Waals surface area contributed by atoms with Gasteiger partial charge in [0.05, 0.1) is 0 Å². The first-order chi connectivity index (χ1) is 4.66. The van der Waals surface area contributed by atoms with Crippen LogP contribution in [0.1, 0.15) is 20.8 Å². The molecule has 0 spiro atoms. The Labute approximate surface area is 68.7 Å². The summed E-state index contributed by atoms with van der Waals surface area (Å²) < 4.78 is 0. The molecule has 0 fully saturated rings. The average molecular weight is 154 g/mol. The molecule has 0 atom stereocenters. The van der Waals surface area contributed by atoms with Crippen molar-refractivity contribution < 1.29 is 0 Å². The SMILES string of the molecule is C/C=C/C(C)=C/C=C(/C)S. The number of hydrogen-bond donors (Lipinski definition) is 1. The monoisotopic (exact) mass is 154 g/mol. The molecule has 0 radical (unpaired) electrons. The van der Waals surface area contributed by atoms with Crippen molar-refractivity contribution in [3.05, 3.63) is 34.8 Å². The van der Waals surface area contributed by atoms with E-state index < -0.39 is 0 Å². The summed E-state index contributed by atoms with van der Waals surface area (Å²) in [5, 5.41) is 0. The largest absolute Gasteiger partial charge is 0.148 e. The average Bonchev–Trinajstić information content (AvgIpc) is 1.85. The minimum atomic E-state index is 1.03. The van der Waals surface area contributed by atoms with Gasteiger partial charge >= 0.3 is 0 Å². The quantitative estimate of drug-likeness (QED) is 0.457. The normalized spacial score (nSPS) is 14.8. The van der Waals surface area contributed by atoms with Crippen LogP contribution in [-0.2, 0) is 0 Å². The van der Waals surface area contributed by atoms with Crippen molar-refractivity contribution in [3.63, 3.8) is 0 Å². The van der Waals surface area contributed by atoms with Crippen molar-refractivity contribution in [1.29, 1.82) is 0 Å². The minimum Gasteiger partial charge on any atom is -0.148 e. The number of hydrogen-bond acceptors (Lipinski definition) is 1. The molecule has 0 heterocycles. The van der Waals surface area contributed by atoms with E-state index in [1.165, 1.54) is 5.57 Å². The first-order valence-electron chi connectivity index (χ1n) is 3.33.